The standard InChI is InChI=1S/C19H24N2O2/c1-23-18-8-3-2-7-17(18)20-19(22)21-15-9-10-16(21)12-14(11-15)13-5-4-6-13/h2-3,7-8,15-16H,4-6,9-12H2,1H3,(H,20,22). The number of nitrogens with one attached hydrogen (secondary N) is 1. The zero-order valence-corrected chi connectivity index (χ0v) is 13.7. The van der Waals surface area contributed by atoms with Crippen LogP contribution in [0, 0.1) is 0 Å². The Morgan fingerprint density at radius 2 is 1.83 bits per heavy atom. The molecule has 1 saturated carbocycles. The van der Waals surface area contributed by atoms with Crippen molar-refractivity contribution < 1.29 is 9.53 Å². The number of nitrogens with zero attached hydrogens (tertiary/aromatic N) is 1. The van der Waals surface area contributed by atoms with E-state index in [1.54, 1.807) is 18.3 Å². The molecular formula is C19H24N2O2. The highest BCUT2D eigenvalue weighted by atomic mass is 16.5. The first-order chi connectivity index (χ1) is 11.3. The van der Waals surface area contributed by atoms with Crippen LogP contribution in [0.2, 0.25) is 0 Å². The SMILES string of the molecule is COc1ccccc1NC(=O)N1C2CCC1CC(=C1CCC1)C2. The van der Waals surface area contributed by atoms with E-state index in [0.717, 1.165) is 31.4 Å². The van der Waals surface area contributed by atoms with Crippen LogP contribution in [0.1, 0.15) is 44.9 Å². The van der Waals surface area contributed by atoms with Gasteiger partial charge >= 0.3 is 6.03 Å². The molecular weight excluding hydrogens is 288 g/mol. The molecule has 4 heteroatoms. The molecule has 1 aromatic rings. The fourth-order valence-corrected chi connectivity index (χ4v) is 4.27. The number of piperidine rings is 1. The molecule has 0 radical (unpaired) electrons. The van der Waals surface area contributed by atoms with Gasteiger partial charge in [0.05, 0.1) is 12.8 Å². The minimum absolute atomic E-state index is 0.0275. The van der Waals surface area contributed by atoms with Crippen LogP contribution in [0.15, 0.2) is 35.4 Å². The second kappa shape index (κ2) is 5.91. The van der Waals surface area contributed by atoms with Crippen LogP contribution < -0.4 is 10.1 Å². The Morgan fingerprint density at radius 3 is 2.43 bits per heavy atom. The minimum Gasteiger partial charge on any atom is -0.495 e. The van der Waals surface area contributed by atoms with Crippen LogP contribution in [-0.4, -0.2) is 30.1 Å². The van der Waals surface area contributed by atoms with Gasteiger partial charge in [0, 0.05) is 12.1 Å². The number of hydrogen-bond donors (Lipinski definition) is 1. The number of hydrogen-bond acceptors (Lipinski definition) is 2. The molecule has 2 bridgehead atoms. The number of rotatable bonds is 2. The normalized spacial score (nSPS) is 26.0. The molecule has 4 rings (SSSR count). The first-order valence-electron chi connectivity index (χ1n) is 8.68. The number of methoxy groups -OCH3 is 1. The van der Waals surface area contributed by atoms with Crippen LogP contribution in [0.25, 0.3) is 0 Å². The van der Waals surface area contributed by atoms with E-state index in [1.165, 1.54) is 19.3 Å². The molecule has 2 unspecified atom stereocenters. The Balaban J connectivity index is 1.49. The third kappa shape index (κ3) is 2.60. The van der Waals surface area contributed by atoms with Crippen molar-refractivity contribution in [3.05, 3.63) is 35.4 Å². The van der Waals surface area contributed by atoms with E-state index in [2.05, 4.69) is 10.2 Å². The van der Waals surface area contributed by atoms with Gasteiger partial charge in [-0.05, 0) is 57.1 Å². The Bertz CT molecular complexity index is 631. The minimum atomic E-state index is 0.0275. The van der Waals surface area contributed by atoms with Crippen molar-refractivity contribution in [3.8, 4) is 5.75 Å². The summed E-state index contributed by atoms with van der Waals surface area (Å²) in [6, 6.07) is 8.39. The highest BCUT2D eigenvalue weighted by molar-refractivity contribution is 5.91. The number of allylic oxidation sites excluding steroid dienone is 1. The fourth-order valence-electron chi connectivity index (χ4n) is 4.27. The number of fused-ring (bicyclic) bond motifs is 2. The van der Waals surface area contributed by atoms with Gasteiger partial charge in [-0.2, -0.15) is 0 Å². The number of anilines is 1. The van der Waals surface area contributed by atoms with Gasteiger partial charge in [0.2, 0.25) is 0 Å². The molecule has 2 amide bonds. The number of amides is 2. The Morgan fingerprint density at radius 1 is 1.13 bits per heavy atom. The van der Waals surface area contributed by atoms with E-state index in [0.29, 0.717) is 17.8 Å². The molecule has 2 aliphatic heterocycles. The quantitative estimate of drug-likeness (QED) is 0.826. The first-order valence-corrected chi connectivity index (χ1v) is 8.68. The number of ether oxygens (including phenoxy) is 1. The number of benzene rings is 1. The summed E-state index contributed by atoms with van der Waals surface area (Å²) in [4.78, 5) is 14.9. The maximum atomic E-state index is 12.8. The predicted octanol–water partition coefficient (Wildman–Crippen LogP) is 4.33. The average molecular weight is 312 g/mol. The van der Waals surface area contributed by atoms with Gasteiger partial charge in [-0.1, -0.05) is 23.3 Å². The molecule has 2 saturated heterocycles. The summed E-state index contributed by atoms with van der Waals surface area (Å²) in [6.45, 7) is 0. The second-order valence-corrected chi connectivity index (χ2v) is 6.89. The lowest BCUT2D eigenvalue weighted by atomic mass is 9.82. The van der Waals surface area contributed by atoms with Gasteiger partial charge in [-0.3, -0.25) is 0 Å². The Kier molecular flexibility index (Phi) is 3.76. The molecule has 4 nitrogen and oxygen atoms in total. The van der Waals surface area contributed by atoms with Gasteiger partial charge in [0.1, 0.15) is 5.75 Å². The van der Waals surface area contributed by atoms with Gasteiger partial charge in [0.25, 0.3) is 0 Å². The monoisotopic (exact) mass is 312 g/mol. The van der Waals surface area contributed by atoms with Gasteiger partial charge < -0.3 is 15.0 Å². The maximum absolute atomic E-state index is 12.8. The highest BCUT2D eigenvalue weighted by Gasteiger charge is 2.42. The molecule has 1 aromatic carbocycles. The predicted molar refractivity (Wildman–Crippen MR) is 90.8 cm³/mol. The molecule has 1 N–H and O–H groups in total. The van der Waals surface area contributed by atoms with Crippen molar-refractivity contribution in [1.82, 2.24) is 4.90 Å². The van der Waals surface area contributed by atoms with Crippen molar-refractivity contribution in [1.29, 1.82) is 0 Å². The van der Waals surface area contributed by atoms with Crippen LogP contribution >= 0.6 is 0 Å². The van der Waals surface area contributed by atoms with E-state index in [1.807, 2.05) is 24.3 Å². The van der Waals surface area contributed by atoms with Crippen molar-refractivity contribution in [2.45, 2.75) is 57.0 Å². The summed E-state index contributed by atoms with van der Waals surface area (Å²) in [5.74, 6) is 0.711. The number of urea groups is 1. The van der Waals surface area contributed by atoms with E-state index in [-0.39, 0.29) is 6.03 Å². The lowest BCUT2D eigenvalue weighted by molar-refractivity contribution is 0.173. The lowest BCUT2D eigenvalue weighted by Crippen LogP contribution is -2.47. The summed E-state index contributed by atoms with van der Waals surface area (Å²) in [5.41, 5.74) is 4.10. The lowest BCUT2D eigenvalue weighted by Gasteiger charge is -2.38. The number of para-hydroxylation sites is 2. The molecule has 2 heterocycles. The van der Waals surface area contributed by atoms with Crippen molar-refractivity contribution >= 4 is 11.7 Å². The maximum Gasteiger partial charge on any atom is 0.322 e. The third-order valence-electron chi connectivity index (χ3n) is 5.62. The Hall–Kier alpha value is -1.97. The molecule has 3 aliphatic rings. The van der Waals surface area contributed by atoms with E-state index in [4.69, 9.17) is 4.74 Å². The summed E-state index contributed by atoms with van der Waals surface area (Å²) >= 11 is 0. The molecule has 122 valence electrons. The zero-order chi connectivity index (χ0) is 15.8. The molecule has 3 fully saturated rings. The van der Waals surface area contributed by atoms with Gasteiger partial charge in [-0.15, -0.1) is 0 Å². The summed E-state index contributed by atoms with van der Waals surface area (Å²) in [5, 5.41) is 3.05. The zero-order valence-electron chi connectivity index (χ0n) is 13.7. The summed E-state index contributed by atoms with van der Waals surface area (Å²) < 4.78 is 5.33. The van der Waals surface area contributed by atoms with Crippen LogP contribution in [-0.2, 0) is 0 Å². The molecule has 2 atom stereocenters. The van der Waals surface area contributed by atoms with Crippen LogP contribution in [0.3, 0.4) is 0 Å². The molecule has 1 aliphatic carbocycles. The van der Waals surface area contributed by atoms with Crippen molar-refractivity contribution in [2.24, 2.45) is 0 Å². The molecule has 0 aromatic heterocycles. The average Bonchev–Trinajstić information content (AvgIpc) is 2.77. The van der Waals surface area contributed by atoms with Gasteiger partial charge in [-0.25, -0.2) is 4.79 Å². The highest BCUT2D eigenvalue weighted by Crippen LogP contribution is 2.43. The Labute approximate surface area is 137 Å². The molecule has 23 heavy (non-hydrogen) atoms. The largest absolute Gasteiger partial charge is 0.495 e. The van der Waals surface area contributed by atoms with E-state index < -0.39 is 0 Å². The van der Waals surface area contributed by atoms with Crippen molar-refractivity contribution in [3.63, 3.8) is 0 Å². The number of carbonyl (C=O) groups is 1. The number of carbonyl (C=O) groups excluding carboxylic acids is 1. The first kappa shape index (κ1) is 14.6. The molecule has 0 spiro atoms. The summed E-state index contributed by atoms with van der Waals surface area (Å²) in [7, 11) is 1.63. The fraction of sp³-hybridized carbons (Fsp3) is 0.526. The van der Waals surface area contributed by atoms with Crippen LogP contribution in [0.5, 0.6) is 5.75 Å². The van der Waals surface area contributed by atoms with E-state index >= 15 is 0 Å². The third-order valence-corrected chi connectivity index (χ3v) is 5.62. The van der Waals surface area contributed by atoms with Crippen LogP contribution in [0.4, 0.5) is 10.5 Å². The van der Waals surface area contributed by atoms with E-state index in [9.17, 15) is 4.79 Å². The topological polar surface area (TPSA) is 41.6 Å². The van der Waals surface area contributed by atoms with Crippen molar-refractivity contribution in [2.75, 3.05) is 12.4 Å². The smallest absolute Gasteiger partial charge is 0.322 e. The second-order valence-electron chi connectivity index (χ2n) is 6.89. The summed E-state index contributed by atoms with van der Waals surface area (Å²) in [6.07, 6.45) is 8.40. The van der Waals surface area contributed by atoms with Gasteiger partial charge in [0.15, 0.2) is 0 Å².